The van der Waals surface area contributed by atoms with Gasteiger partial charge in [0.25, 0.3) is 0 Å². The van der Waals surface area contributed by atoms with Crippen molar-refractivity contribution >= 4 is 0 Å². The summed E-state index contributed by atoms with van der Waals surface area (Å²) in [5.41, 5.74) is 0.865. The van der Waals surface area contributed by atoms with Gasteiger partial charge in [-0.15, -0.1) is 0 Å². The number of aryl methyl sites for hydroxylation is 1. The van der Waals surface area contributed by atoms with E-state index >= 15 is 0 Å². The standard InChI is InChI=1S/C12H11FN2O2/c1-8-3-2-4-10(12(8)13)17-11-6-14-5-9(7-16)15-11/h2-6,16H,7H2,1H3. The second-order valence-electron chi connectivity index (χ2n) is 3.50. The highest BCUT2D eigenvalue weighted by Gasteiger charge is 2.08. The quantitative estimate of drug-likeness (QED) is 0.884. The first-order chi connectivity index (χ1) is 8.20. The lowest BCUT2D eigenvalue weighted by atomic mass is 10.2. The van der Waals surface area contributed by atoms with Gasteiger partial charge >= 0.3 is 0 Å². The summed E-state index contributed by atoms with van der Waals surface area (Å²) in [4.78, 5) is 7.79. The minimum absolute atomic E-state index is 0.0920. The molecule has 0 fully saturated rings. The topological polar surface area (TPSA) is 55.2 Å². The van der Waals surface area contributed by atoms with Crippen LogP contribution < -0.4 is 4.74 Å². The molecule has 1 aromatic carbocycles. The van der Waals surface area contributed by atoms with Crippen LogP contribution in [-0.2, 0) is 6.61 Å². The average Bonchev–Trinajstić information content (AvgIpc) is 2.35. The normalized spacial score (nSPS) is 10.3. The molecule has 1 aromatic heterocycles. The molecule has 2 rings (SSSR count). The van der Waals surface area contributed by atoms with E-state index in [9.17, 15) is 4.39 Å². The third-order valence-electron chi connectivity index (χ3n) is 2.20. The maximum absolute atomic E-state index is 13.6. The number of hydrogen-bond acceptors (Lipinski definition) is 4. The molecule has 0 radical (unpaired) electrons. The number of aromatic nitrogens is 2. The third-order valence-corrected chi connectivity index (χ3v) is 2.20. The van der Waals surface area contributed by atoms with Crippen molar-refractivity contribution in [1.29, 1.82) is 0 Å². The van der Waals surface area contributed by atoms with Gasteiger partial charge in [-0.3, -0.25) is 4.98 Å². The summed E-state index contributed by atoms with van der Waals surface area (Å²) in [5.74, 6) is -0.181. The van der Waals surface area contributed by atoms with Crippen LogP contribution in [0.5, 0.6) is 11.6 Å². The molecular weight excluding hydrogens is 223 g/mol. The molecule has 4 nitrogen and oxygen atoms in total. The molecule has 17 heavy (non-hydrogen) atoms. The van der Waals surface area contributed by atoms with E-state index in [4.69, 9.17) is 9.84 Å². The number of rotatable bonds is 3. The van der Waals surface area contributed by atoms with E-state index in [1.807, 2.05) is 0 Å². The summed E-state index contributed by atoms with van der Waals surface area (Å²) < 4.78 is 18.9. The van der Waals surface area contributed by atoms with Gasteiger partial charge in [0.2, 0.25) is 5.88 Å². The van der Waals surface area contributed by atoms with E-state index in [1.54, 1.807) is 19.1 Å². The average molecular weight is 234 g/mol. The van der Waals surface area contributed by atoms with Crippen molar-refractivity contribution in [3.05, 3.63) is 47.7 Å². The van der Waals surface area contributed by atoms with Crippen molar-refractivity contribution in [2.75, 3.05) is 0 Å². The van der Waals surface area contributed by atoms with Crippen molar-refractivity contribution < 1.29 is 14.2 Å². The van der Waals surface area contributed by atoms with Crippen molar-refractivity contribution in [2.45, 2.75) is 13.5 Å². The van der Waals surface area contributed by atoms with E-state index < -0.39 is 5.82 Å². The molecule has 0 amide bonds. The predicted molar refractivity (Wildman–Crippen MR) is 59.2 cm³/mol. The van der Waals surface area contributed by atoms with Crippen LogP contribution in [0.2, 0.25) is 0 Å². The molecule has 0 aliphatic carbocycles. The molecule has 2 aromatic rings. The van der Waals surface area contributed by atoms with Crippen molar-refractivity contribution in [2.24, 2.45) is 0 Å². The number of ether oxygens (including phenoxy) is 1. The second kappa shape index (κ2) is 4.88. The van der Waals surface area contributed by atoms with Crippen LogP contribution in [-0.4, -0.2) is 15.1 Å². The third kappa shape index (κ3) is 2.57. The first-order valence-corrected chi connectivity index (χ1v) is 5.05. The Hall–Kier alpha value is -2.01. The van der Waals surface area contributed by atoms with Crippen LogP contribution >= 0.6 is 0 Å². The molecule has 5 heteroatoms. The molecule has 1 heterocycles. The first kappa shape index (κ1) is 11.5. The number of aliphatic hydroxyl groups is 1. The maximum Gasteiger partial charge on any atom is 0.238 e. The molecule has 0 spiro atoms. The second-order valence-corrected chi connectivity index (χ2v) is 3.50. The molecule has 0 aliphatic rings. The Bertz CT molecular complexity index is 532. The largest absolute Gasteiger partial charge is 0.434 e. The molecule has 0 saturated heterocycles. The molecule has 0 atom stereocenters. The molecule has 0 bridgehead atoms. The molecule has 0 unspecified atom stereocenters. The lowest BCUT2D eigenvalue weighted by Crippen LogP contribution is -1.96. The fourth-order valence-corrected chi connectivity index (χ4v) is 1.32. The van der Waals surface area contributed by atoms with E-state index in [1.165, 1.54) is 18.5 Å². The SMILES string of the molecule is Cc1cccc(Oc2cncc(CO)n2)c1F. The summed E-state index contributed by atoms with van der Waals surface area (Å²) in [7, 11) is 0. The Morgan fingerprint density at radius 3 is 2.94 bits per heavy atom. The van der Waals surface area contributed by atoms with Crippen molar-refractivity contribution in [3.63, 3.8) is 0 Å². The number of nitrogens with zero attached hydrogens (tertiary/aromatic N) is 2. The zero-order valence-electron chi connectivity index (χ0n) is 9.22. The van der Waals surface area contributed by atoms with Gasteiger partial charge in [0, 0.05) is 0 Å². The van der Waals surface area contributed by atoms with Gasteiger partial charge in [0.05, 0.1) is 24.7 Å². The van der Waals surface area contributed by atoms with Crippen molar-refractivity contribution in [3.8, 4) is 11.6 Å². The smallest absolute Gasteiger partial charge is 0.238 e. The molecule has 88 valence electrons. The highest BCUT2D eigenvalue weighted by Crippen LogP contribution is 2.24. The maximum atomic E-state index is 13.6. The Morgan fingerprint density at radius 2 is 2.18 bits per heavy atom. The zero-order chi connectivity index (χ0) is 12.3. The van der Waals surface area contributed by atoms with Crippen LogP contribution in [0, 0.1) is 12.7 Å². The highest BCUT2D eigenvalue weighted by atomic mass is 19.1. The molecule has 0 saturated carbocycles. The number of halogens is 1. The van der Waals surface area contributed by atoms with Gasteiger partial charge in [-0.05, 0) is 18.6 Å². The molecule has 1 N–H and O–H groups in total. The molecule has 0 aliphatic heterocycles. The van der Waals surface area contributed by atoms with Gasteiger partial charge < -0.3 is 9.84 Å². The lowest BCUT2D eigenvalue weighted by Gasteiger charge is -2.07. The summed E-state index contributed by atoms with van der Waals surface area (Å²) in [6.45, 7) is 1.42. The van der Waals surface area contributed by atoms with Gasteiger partial charge in [0.1, 0.15) is 0 Å². The van der Waals surface area contributed by atoms with Gasteiger partial charge in [-0.1, -0.05) is 12.1 Å². The summed E-state index contributed by atoms with van der Waals surface area (Å²) >= 11 is 0. The van der Waals surface area contributed by atoms with E-state index in [2.05, 4.69) is 9.97 Å². The fraction of sp³-hybridized carbons (Fsp3) is 0.167. The highest BCUT2D eigenvalue weighted by molar-refractivity contribution is 5.32. The van der Waals surface area contributed by atoms with E-state index in [0.29, 0.717) is 11.3 Å². The summed E-state index contributed by atoms with van der Waals surface area (Å²) in [5, 5.41) is 8.89. The summed E-state index contributed by atoms with van der Waals surface area (Å²) in [6.07, 6.45) is 2.78. The number of benzene rings is 1. The predicted octanol–water partition coefficient (Wildman–Crippen LogP) is 2.21. The lowest BCUT2D eigenvalue weighted by molar-refractivity contribution is 0.274. The fourth-order valence-electron chi connectivity index (χ4n) is 1.32. The van der Waals surface area contributed by atoms with E-state index in [-0.39, 0.29) is 18.2 Å². The minimum Gasteiger partial charge on any atom is -0.434 e. The summed E-state index contributed by atoms with van der Waals surface area (Å²) in [6, 6.07) is 4.85. The minimum atomic E-state index is -0.427. The molecular formula is C12H11FN2O2. The van der Waals surface area contributed by atoms with E-state index in [0.717, 1.165) is 0 Å². The van der Waals surface area contributed by atoms with Crippen LogP contribution in [0.1, 0.15) is 11.3 Å². The zero-order valence-corrected chi connectivity index (χ0v) is 9.22. The Kier molecular flexibility index (Phi) is 3.30. The van der Waals surface area contributed by atoms with Crippen LogP contribution in [0.4, 0.5) is 4.39 Å². The van der Waals surface area contributed by atoms with Gasteiger partial charge in [-0.2, -0.15) is 0 Å². The first-order valence-electron chi connectivity index (χ1n) is 5.05. The Balaban J connectivity index is 2.28. The van der Waals surface area contributed by atoms with Crippen LogP contribution in [0.15, 0.2) is 30.6 Å². The van der Waals surface area contributed by atoms with Gasteiger partial charge in [-0.25, -0.2) is 9.37 Å². The van der Waals surface area contributed by atoms with Crippen LogP contribution in [0.25, 0.3) is 0 Å². The Labute approximate surface area is 97.7 Å². The van der Waals surface area contributed by atoms with Crippen LogP contribution in [0.3, 0.4) is 0 Å². The van der Waals surface area contributed by atoms with Gasteiger partial charge in [0.15, 0.2) is 11.6 Å². The Morgan fingerprint density at radius 1 is 1.35 bits per heavy atom. The number of aliphatic hydroxyl groups excluding tert-OH is 1. The number of hydrogen-bond donors (Lipinski definition) is 1. The monoisotopic (exact) mass is 234 g/mol. The van der Waals surface area contributed by atoms with Crippen molar-refractivity contribution in [1.82, 2.24) is 9.97 Å².